The zero-order valence-electron chi connectivity index (χ0n) is 18.6. The minimum Gasteiger partial charge on any atom is -0.476 e. The number of hydrogen-bond donors (Lipinski definition) is 2. The molecule has 1 aliphatic rings. The lowest BCUT2D eigenvalue weighted by Gasteiger charge is -2.22. The van der Waals surface area contributed by atoms with Crippen molar-refractivity contribution >= 4 is 40.0 Å². The molecule has 1 aliphatic heterocycles. The number of anilines is 2. The first-order valence-electron chi connectivity index (χ1n) is 10.9. The van der Waals surface area contributed by atoms with Crippen LogP contribution >= 0.6 is 11.6 Å². The molecular weight excluding hydrogens is 455 g/mol. The quantitative estimate of drug-likeness (QED) is 0.338. The number of hydrogen-bond acceptors (Lipinski definition) is 5. The average molecular weight is 477 g/mol. The first-order chi connectivity index (χ1) is 16.3. The molecule has 8 heteroatoms. The van der Waals surface area contributed by atoms with Gasteiger partial charge in [-0.15, -0.1) is 0 Å². The molecule has 0 spiro atoms. The van der Waals surface area contributed by atoms with E-state index >= 15 is 4.39 Å². The topological polar surface area (TPSA) is 78.3 Å². The number of nitrogens with zero attached hydrogens (tertiary/aromatic N) is 3. The van der Waals surface area contributed by atoms with Gasteiger partial charge in [-0.3, -0.25) is 0 Å². The van der Waals surface area contributed by atoms with E-state index in [9.17, 15) is 9.90 Å². The molecule has 0 fully saturated rings. The van der Waals surface area contributed by atoms with Crippen LogP contribution in [0.15, 0.2) is 54.6 Å². The minimum absolute atomic E-state index is 0.0941. The van der Waals surface area contributed by atoms with E-state index in [4.69, 9.17) is 16.6 Å². The lowest BCUT2D eigenvalue weighted by atomic mass is 10.00. The van der Waals surface area contributed by atoms with Crippen molar-refractivity contribution in [3.63, 3.8) is 0 Å². The summed E-state index contributed by atoms with van der Waals surface area (Å²) in [5.74, 6) is -0.961. The highest BCUT2D eigenvalue weighted by atomic mass is 35.5. The van der Waals surface area contributed by atoms with Gasteiger partial charge in [0.2, 0.25) is 0 Å². The van der Waals surface area contributed by atoms with Crippen molar-refractivity contribution < 1.29 is 14.3 Å². The van der Waals surface area contributed by atoms with Gasteiger partial charge in [-0.1, -0.05) is 41.9 Å². The summed E-state index contributed by atoms with van der Waals surface area (Å²) in [5, 5.41) is 13.3. The van der Waals surface area contributed by atoms with E-state index in [-0.39, 0.29) is 22.7 Å². The second-order valence-corrected chi connectivity index (χ2v) is 8.93. The van der Waals surface area contributed by atoms with Gasteiger partial charge in [0.25, 0.3) is 0 Å². The van der Waals surface area contributed by atoms with Crippen LogP contribution in [-0.4, -0.2) is 21.0 Å². The van der Waals surface area contributed by atoms with Crippen molar-refractivity contribution in [1.82, 2.24) is 9.97 Å². The maximum Gasteiger partial charge on any atom is 0.356 e. The van der Waals surface area contributed by atoms with Gasteiger partial charge in [0, 0.05) is 30.1 Å². The Balaban J connectivity index is 1.56. The van der Waals surface area contributed by atoms with Gasteiger partial charge in [0.05, 0.1) is 17.2 Å². The maximum absolute atomic E-state index is 15.3. The van der Waals surface area contributed by atoms with Gasteiger partial charge >= 0.3 is 5.97 Å². The van der Waals surface area contributed by atoms with Gasteiger partial charge in [-0.2, -0.15) is 0 Å². The molecule has 4 aromatic rings. The Bertz CT molecular complexity index is 1420. The normalized spacial score (nSPS) is 13.7. The van der Waals surface area contributed by atoms with Crippen LogP contribution in [0.4, 0.5) is 15.9 Å². The Kier molecular flexibility index (Phi) is 5.57. The van der Waals surface area contributed by atoms with Gasteiger partial charge < -0.3 is 15.3 Å². The number of carbonyl (C=O) groups is 1. The summed E-state index contributed by atoms with van der Waals surface area (Å²) in [6.07, 6.45) is 0. The molecule has 0 radical (unpaired) electrons. The molecule has 0 saturated carbocycles. The number of fused-ring (bicyclic) bond motifs is 2. The van der Waals surface area contributed by atoms with E-state index in [2.05, 4.69) is 27.3 Å². The van der Waals surface area contributed by atoms with E-state index in [1.165, 1.54) is 23.3 Å². The molecule has 2 aromatic carbocycles. The minimum atomic E-state index is -1.19. The Hall–Kier alpha value is -3.71. The van der Waals surface area contributed by atoms with Crippen molar-refractivity contribution in [2.24, 2.45) is 0 Å². The summed E-state index contributed by atoms with van der Waals surface area (Å²) in [4.78, 5) is 22.5. The third-order valence-electron chi connectivity index (χ3n) is 6.09. The van der Waals surface area contributed by atoms with Crippen LogP contribution in [0.25, 0.3) is 10.9 Å². The number of aryl methyl sites for hydroxylation is 1. The summed E-state index contributed by atoms with van der Waals surface area (Å²) in [6, 6.07) is 16.1. The monoisotopic (exact) mass is 476 g/mol. The number of halogens is 2. The van der Waals surface area contributed by atoms with Gasteiger partial charge in [0.1, 0.15) is 16.8 Å². The fraction of sp³-hybridized carbons (Fsp3) is 0.192. The molecule has 1 atom stereocenters. The van der Waals surface area contributed by atoms with Crippen molar-refractivity contribution in [1.29, 1.82) is 0 Å². The van der Waals surface area contributed by atoms with E-state index in [1.807, 2.05) is 32.0 Å². The highest BCUT2D eigenvalue weighted by Crippen LogP contribution is 2.34. The van der Waals surface area contributed by atoms with E-state index in [0.29, 0.717) is 35.5 Å². The predicted molar refractivity (Wildman–Crippen MR) is 131 cm³/mol. The molecule has 0 unspecified atom stereocenters. The largest absolute Gasteiger partial charge is 0.476 e. The summed E-state index contributed by atoms with van der Waals surface area (Å²) in [7, 11) is 0. The molecule has 0 aliphatic carbocycles. The highest BCUT2D eigenvalue weighted by Gasteiger charge is 2.23. The molecule has 2 N–H and O–H groups in total. The number of aromatic carboxylic acids is 1. The molecule has 6 nitrogen and oxygen atoms in total. The summed E-state index contributed by atoms with van der Waals surface area (Å²) >= 11 is 5.89. The fourth-order valence-electron chi connectivity index (χ4n) is 4.46. The Morgan fingerprint density at radius 1 is 1.12 bits per heavy atom. The molecule has 34 heavy (non-hydrogen) atoms. The number of rotatable bonds is 5. The molecule has 5 rings (SSSR count). The van der Waals surface area contributed by atoms with Crippen molar-refractivity contribution in [3.8, 4) is 0 Å². The summed E-state index contributed by atoms with van der Waals surface area (Å²) < 4.78 is 15.3. The van der Waals surface area contributed by atoms with Crippen LogP contribution in [0.5, 0.6) is 0 Å². The lowest BCUT2D eigenvalue weighted by molar-refractivity contribution is 0.0691. The Morgan fingerprint density at radius 2 is 1.82 bits per heavy atom. The van der Waals surface area contributed by atoms with Crippen LogP contribution in [0.3, 0.4) is 0 Å². The molecule has 2 aromatic heterocycles. The molecule has 0 amide bonds. The second kappa shape index (κ2) is 8.57. The van der Waals surface area contributed by atoms with E-state index in [1.54, 1.807) is 12.1 Å². The zero-order chi connectivity index (χ0) is 24.0. The summed E-state index contributed by atoms with van der Waals surface area (Å²) in [5.41, 5.74) is 4.75. The smallest absolute Gasteiger partial charge is 0.356 e. The molecule has 172 valence electrons. The maximum atomic E-state index is 15.3. The van der Waals surface area contributed by atoms with Crippen molar-refractivity contribution in [3.05, 3.63) is 93.5 Å². The number of nitrogens with one attached hydrogen (secondary N) is 1. The van der Waals surface area contributed by atoms with Crippen molar-refractivity contribution in [2.75, 3.05) is 10.2 Å². The number of carboxylic acids is 1. The first kappa shape index (κ1) is 22.1. The SMILES string of the molecule is Cc1cc([C@@H](C)Nc2ccc(Cl)nc2C(=O)O)c2nc(N3Cc4ccccc4C3)cc(F)c2c1. The van der Waals surface area contributed by atoms with E-state index in [0.717, 1.165) is 11.1 Å². The predicted octanol–water partition coefficient (Wildman–Crippen LogP) is 6.12. The summed E-state index contributed by atoms with van der Waals surface area (Å²) in [6.45, 7) is 5.11. The molecule has 0 bridgehead atoms. The molecule has 0 saturated heterocycles. The molecular formula is C26H22ClFN4O2. The van der Waals surface area contributed by atoms with Crippen LogP contribution < -0.4 is 10.2 Å². The number of pyridine rings is 2. The third-order valence-corrected chi connectivity index (χ3v) is 6.30. The molecule has 3 heterocycles. The van der Waals surface area contributed by atoms with Crippen LogP contribution in [0.2, 0.25) is 5.15 Å². The highest BCUT2D eigenvalue weighted by molar-refractivity contribution is 6.29. The second-order valence-electron chi connectivity index (χ2n) is 8.54. The Morgan fingerprint density at radius 3 is 2.50 bits per heavy atom. The fourth-order valence-corrected chi connectivity index (χ4v) is 4.61. The standard InChI is InChI=1S/C26H22ClFN4O2/c1-14-9-18(15(2)29-21-7-8-22(27)30-25(21)26(33)34)24-19(10-14)20(28)11-23(31-24)32-12-16-5-3-4-6-17(16)13-32/h3-11,15,29H,12-13H2,1-2H3,(H,33,34)/t15-/m1/s1. The number of benzene rings is 2. The third kappa shape index (κ3) is 4.03. The lowest BCUT2D eigenvalue weighted by Crippen LogP contribution is -2.17. The average Bonchev–Trinajstić information content (AvgIpc) is 3.24. The zero-order valence-corrected chi connectivity index (χ0v) is 19.4. The number of carboxylic acid groups (broad SMARTS) is 1. The Labute approximate surface area is 201 Å². The van der Waals surface area contributed by atoms with Crippen LogP contribution in [0, 0.1) is 12.7 Å². The van der Waals surface area contributed by atoms with Gasteiger partial charge in [-0.05, 0) is 48.7 Å². The van der Waals surface area contributed by atoms with Crippen LogP contribution in [-0.2, 0) is 13.1 Å². The van der Waals surface area contributed by atoms with Crippen LogP contribution in [0.1, 0.15) is 45.7 Å². The van der Waals surface area contributed by atoms with Crippen molar-refractivity contribution in [2.45, 2.75) is 33.0 Å². The van der Waals surface area contributed by atoms with E-state index < -0.39 is 5.97 Å². The van der Waals surface area contributed by atoms with Gasteiger partial charge in [-0.25, -0.2) is 19.2 Å². The number of aromatic nitrogens is 2. The van der Waals surface area contributed by atoms with Gasteiger partial charge in [0.15, 0.2) is 5.69 Å². The first-order valence-corrected chi connectivity index (χ1v) is 11.3.